The summed E-state index contributed by atoms with van der Waals surface area (Å²) < 4.78 is 0. The maximum absolute atomic E-state index is 5.98. The lowest BCUT2D eigenvalue weighted by Gasteiger charge is -2.21. The van der Waals surface area contributed by atoms with E-state index in [1.54, 1.807) is 12.4 Å². The van der Waals surface area contributed by atoms with Crippen molar-refractivity contribution >= 4 is 28.9 Å². The summed E-state index contributed by atoms with van der Waals surface area (Å²) in [4.78, 5) is 6.23. The molecular weight excluding hydrogens is 267 g/mol. The van der Waals surface area contributed by atoms with E-state index in [0.29, 0.717) is 5.88 Å². The third-order valence-corrected chi connectivity index (χ3v) is 3.26. The summed E-state index contributed by atoms with van der Waals surface area (Å²) in [6.45, 7) is 0.786. The van der Waals surface area contributed by atoms with Gasteiger partial charge in [0.15, 0.2) is 0 Å². The van der Waals surface area contributed by atoms with Crippen LogP contribution in [0.4, 0.5) is 5.69 Å². The van der Waals surface area contributed by atoms with Crippen molar-refractivity contribution in [3.63, 3.8) is 0 Å². The molecular formula is C14H14Cl2N2. The van der Waals surface area contributed by atoms with Gasteiger partial charge in [-0.1, -0.05) is 23.7 Å². The lowest BCUT2D eigenvalue weighted by Crippen LogP contribution is -2.17. The molecule has 0 atom stereocenters. The monoisotopic (exact) mass is 280 g/mol. The molecule has 2 nitrogen and oxygen atoms in total. The number of hydrogen-bond acceptors (Lipinski definition) is 2. The second kappa shape index (κ2) is 6.07. The van der Waals surface area contributed by atoms with Crippen molar-refractivity contribution < 1.29 is 0 Å². The van der Waals surface area contributed by atoms with E-state index in [9.17, 15) is 0 Å². The molecule has 0 saturated carbocycles. The molecule has 18 heavy (non-hydrogen) atoms. The van der Waals surface area contributed by atoms with Crippen molar-refractivity contribution in [3.8, 4) is 0 Å². The van der Waals surface area contributed by atoms with E-state index >= 15 is 0 Å². The van der Waals surface area contributed by atoms with Gasteiger partial charge in [-0.2, -0.15) is 0 Å². The number of hydrogen-bond donors (Lipinski definition) is 0. The van der Waals surface area contributed by atoms with Gasteiger partial charge < -0.3 is 4.90 Å². The Morgan fingerprint density at radius 1 is 1.28 bits per heavy atom. The summed E-state index contributed by atoms with van der Waals surface area (Å²) in [6, 6.07) is 9.84. The first kappa shape index (κ1) is 13.2. The zero-order chi connectivity index (χ0) is 13.0. The summed E-state index contributed by atoms with van der Waals surface area (Å²) in [5, 5.41) is 0.758. The average molecular weight is 281 g/mol. The number of pyridine rings is 1. The van der Waals surface area contributed by atoms with Gasteiger partial charge in [0.1, 0.15) is 0 Å². The molecule has 0 aliphatic carbocycles. The third-order valence-electron chi connectivity index (χ3n) is 2.74. The maximum atomic E-state index is 5.98. The van der Waals surface area contributed by atoms with Crippen LogP contribution in [-0.4, -0.2) is 12.0 Å². The smallest absolute Gasteiger partial charge is 0.0509 e. The van der Waals surface area contributed by atoms with Crippen LogP contribution in [0, 0.1) is 0 Å². The lowest BCUT2D eigenvalue weighted by molar-refractivity contribution is 0.912. The topological polar surface area (TPSA) is 16.1 Å². The summed E-state index contributed by atoms with van der Waals surface area (Å²) in [5.41, 5.74) is 3.30. The molecule has 0 aliphatic heterocycles. The van der Waals surface area contributed by atoms with E-state index in [0.717, 1.165) is 22.8 Å². The highest BCUT2D eigenvalue weighted by Gasteiger charge is 2.07. The minimum absolute atomic E-state index is 0.461. The molecule has 0 amide bonds. The van der Waals surface area contributed by atoms with E-state index < -0.39 is 0 Å². The largest absolute Gasteiger partial charge is 0.370 e. The van der Waals surface area contributed by atoms with Gasteiger partial charge in [0.25, 0.3) is 0 Å². The number of halogens is 2. The molecule has 0 bridgehead atoms. The molecule has 0 spiro atoms. The first-order valence-electron chi connectivity index (χ1n) is 5.65. The molecule has 94 valence electrons. The molecule has 1 aromatic carbocycles. The van der Waals surface area contributed by atoms with E-state index in [2.05, 4.69) is 16.0 Å². The Morgan fingerprint density at radius 2 is 2.11 bits per heavy atom. The van der Waals surface area contributed by atoms with Crippen LogP contribution in [0.5, 0.6) is 0 Å². The number of nitrogens with zero attached hydrogens (tertiary/aromatic N) is 2. The summed E-state index contributed by atoms with van der Waals surface area (Å²) >= 11 is 11.9. The van der Waals surface area contributed by atoms with Crippen LogP contribution in [0.25, 0.3) is 0 Å². The zero-order valence-corrected chi connectivity index (χ0v) is 11.6. The molecule has 2 aromatic rings. The highest BCUT2D eigenvalue weighted by Crippen LogP contribution is 2.22. The fourth-order valence-corrected chi connectivity index (χ4v) is 2.31. The van der Waals surface area contributed by atoms with Gasteiger partial charge in [0.05, 0.1) is 5.88 Å². The molecule has 0 aliphatic rings. The Morgan fingerprint density at radius 3 is 2.83 bits per heavy atom. The summed E-state index contributed by atoms with van der Waals surface area (Å²) in [5.74, 6) is 0.461. The molecule has 0 unspecified atom stereocenters. The fourth-order valence-electron chi connectivity index (χ4n) is 1.89. The average Bonchev–Trinajstić information content (AvgIpc) is 2.38. The van der Waals surface area contributed by atoms with Crippen LogP contribution in [0.15, 0.2) is 42.7 Å². The van der Waals surface area contributed by atoms with Crippen LogP contribution in [0.3, 0.4) is 0 Å². The predicted molar refractivity (Wildman–Crippen MR) is 77.4 cm³/mol. The van der Waals surface area contributed by atoms with E-state index in [4.69, 9.17) is 23.2 Å². The minimum atomic E-state index is 0.461. The van der Waals surface area contributed by atoms with Gasteiger partial charge in [-0.15, -0.1) is 11.6 Å². The van der Waals surface area contributed by atoms with Gasteiger partial charge in [0, 0.05) is 42.3 Å². The van der Waals surface area contributed by atoms with Gasteiger partial charge in [-0.3, -0.25) is 4.98 Å². The highest BCUT2D eigenvalue weighted by molar-refractivity contribution is 6.30. The summed E-state index contributed by atoms with van der Waals surface area (Å²) in [7, 11) is 2.03. The standard InChI is InChI=1S/C14H14Cl2N2/c1-18(10-11-3-2-4-13(16)7-11)14-5-6-17-9-12(14)8-15/h2-7,9H,8,10H2,1H3. The van der Waals surface area contributed by atoms with Crippen LogP contribution < -0.4 is 4.90 Å². The number of aromatic nitrogens is 1. The maximum Gasteiger partial charge on any atom is 0.0509 e. The van der Waals surface area contributed by atoms with Crippen molar-refractivity contribution in [2.45, 2.75) is 12.4 Å². The third kappa shape index (κ3) is 3.15. The van der Waals surface area contributed by atoms with Crippen LogP contribution in [-0.2, 0) is 12.4 Å². The number of alkyl halides is 1. The first-order valence-corrected chi connectivity index (χ1v) is 6.56. The quantitative estimate of drug-likeness (QED) is 0.784. The number of rotatable bonds is 4. The molecule has 0 fully saturated rings. The van der Waals surface area contributed by atoms with Crippen molar-refractivity contribution in [1.29, 1.82) is 0 Å². The lowest BCUT2D eigenvalue weighted by atomic mass is 10.2. The fraction of sp³-hybridized carbons (Fsp3) is 0.214. The Hall–Kier alpha value is -1.25. The minimum Gasteiger partial charge on any atom is -0.370 e. The molecule has 1 heterocycles. The van der Waals surface area contributed by atoms with Crippen molar-refractivity contribution in [2.75, 3.05) is 11.9 Å². The van der Waals surface area contributed by atoms with E-state index in [1.807, 2.05) is 31.3 Å². The second-order valence-electron chi connectivity index (χ2n) is 4.12. The van der Waals surface area contributed by atoms with Crippen molar-refractivity contribution in [1.82, 2.24) is 4.98 Å². The molecule has 0 radical (unpaired) electrons. The number of anilines is 1. The Labute approximate surface area is 117 Å². The van der Waals surface area contributed by atoms with Crippen LogP contribution in [0.2, 0.25) is 5.02 Å². The Kier molecular flexibility index (Phi) is 4.45. The zero-order valence-electron chi connectivity index (χ0n) is 10.1. The molecule has 4 heteroatoms. The van der Waals surface area contributed by atoms with E-state index in [-0.39, 0.29) is 0 Å². The Bertz CT molecular complexity index is 529. The normalized spacial score (nSPS) is 10.4. The van der Waals surface area contributed by atoms with Crippen molar-refractivity contribution in [2.24, 2.45) is 0 Å². The first-order chi connectivity index (χ1) is 8.70. The van der Waals surface area contributed by atoms with Crippen LogP contribution in [0.1, 0.15) is 11.1 Å². The highest BCUT2D eigenvalue weighted by atomic mass is 35.5. The Balaban J connectivity index is 2.19. The van der Waals surface area contributed by atoms with Crippen molar-refractivity contribution in [3.05, 3.63) is 58.9 Å². The number of benzene rings is 1. The van der Waals surface area contributed by atoms with E-state index in [1.165, 1.54) is 5.56 Å². The second-order valence-corrected chi connectivity index (χ2v) is 4.83. The predicted octanol–water partition coefficient (Wildman–Crippen LogP) is 4.11. The van der Waals surface area contributed by atoms with Gasteiger partial charge in [0.2, 0.25) is 0 Å². The van der Waals surface area contributed by atoms with Gasteiger partial charge in [-0.25, -0.2) is 0 Å². The summed E-state index contributed by atoms with van der Waals surface area (Å²) in [6.07, 6.45) is 3.58. The molecule has 0 N–H and O–H groups in total. The molecule has 1 aromatic heterocycles. The molecule has 2 rings (SSSR count). The SMILES string of the molecule is CN(Cc1cccc(Cl)c1)c1ccncc1CCl. The van der Waals surface area contributed by atoms with Gasteiger partial charge in [-0.05, 0) is 23.8 Å². The molecule has 0 saturated heterocycles. The van der Waals surface area contributed by atoms with Gasteiger partial charge >= 0.3 is 0 Å². The van der Waals surface area contributed by atoms with Crippen LogP contribution >= 0.6 is 23.2 Å².